The van der Waals surface area contributed by atoms with Crippen LogP contribution in [0.2, 0.25) is 0 Å². The number of thiocarbonyl (C=S) groups is 1. The lowest BCUT2D eigenvalue weighted by atomic mass is 9.62. The van der Waals surface area contributed by atoms with Crippen LogP contribution < -0.4 is 11.1 Å². The average Bonchev–Trinajstić information content (AvgIpc) is 2.85. The van der Waals surface area contributed by atoms with Crippen molar-refractivity contribution < 1.29 is 4.79 Å². The highest BCUT2D eigenvalue weighted by Gasteiger charge is 2.52. The SMILES string of the molecule is CC1CC(C(=O)NC2CC3CCC2C3)(C(N)=S)C1. The van der Waals surface area contributed by atoms with Crippen molar-refractivity contribution >= 4 is 23.1 Å². The molecule has 3 N–H and O–H groups in total. The molecule has 3 atom stereocenters. The first kappa shape index (κ1) is 12.4. The molecular formula is C14H22N2OS. The molecule has 0 heterocycles. The molecule has 2 bridgehead atoms. The molecule has 0 aromatic rings. The third-order valence-electron chi connectivity index (χ3n) is 5.35. The third-order valence-corrected chi connectivity index (χ3v) is 5.75. The number of hydrogen-bond donors (Lipinski definition) is 2. The van der Waals surface area contributed by atoms with Crippen molar-refractivity contribution in [3.05, 3.63) is 0 Å². The van der Waals surface area contributed by atoms with E-state index in [-0.39, 0.29) is 5.91 Å². The maximum absolute atomic E-state index is 12.5. The lowest BCUT2D eigenvalue weighted by Gasteiger charge is -2.45. The van der Waals surface area contributed by atoms with Gasteiger partial charge >= 0.3 is 0 Å². The van der Waals surface area contributed by atoms with Crippen LogP contribution in [0.25, 0.3) is 0 Å². The molecule has 18 heavy (non-hydrogen) atoms. The molecule has 0 radical (unpaired) electrons. The number of nitrogens with two attached hydrogens (primary N) is 1. The van der Waals surface area contributed by atoms with Crippen LogP contribution in [0.5, 0.6) is 0 Å². The average molecular weight is 266 g/mol. The number of hydrogen-bond acceptors (Lipinski definition) is 2. The molecule has 4 heteroatoms. The van der Waals surface area contributed by atoms with E-state index in [4.69, 9.17) is 18.0 Å². The standard InChI is InChI=1S/C14H22N2OS/c1-8-6-14(7-8,12(15)18)13(17)16-11-5-9-2-3-10(11)4-9/h8-11H,2-7H2,1H3,(H2,15,18)(H,16,17). The van der Waals surface area contributed by atoms with E-state index in [0.717, 1.165) is 18.8 Å². The lowest BCUT2D eigenvalue weighted by molar-refractivity contribution is -0.134. The molecule has 0 aromatic heterocycles. The van der Waals surface area contributed by atoms with Gasteiger partial charge in [0.05, 0.1) is 10.4 Å². The molecule has 0 aromatic carbocycles. The van der Waals surface area contributed by atoms with E-state index in [1.54, 1.807) is 0 Å². The number of nitrogens with one attached hydrogen (secondary N) is 1. The van der Waals surface area contributed by atoms with Gasteiger partial charge in [0.25, 0.3) is 0 Å². The number of fused-ring (bicyclic) bond motifs is 2. The van der Waals surface area contributed by atoms with Crippen molar-refractivity contribution in [2.24, 2.45) is 28.9 Å². The van der Waals surface area contributed by atoms with Crippen LogP contribution in [-0.4, -0.2) is 16.9 Å². The summed E-state index contributed by atoms with van der Waals surface area (Å²) in [6.45, 7) is 2.15. The molecule has 3 aliphatic rings. The first-order valence-corrected chi connectivity index (χ1v) is 7.53. The van der Waals surface area contributed by atoms with Gasteiger partial charge in [-0.25, -0.2) is 0 Å². The summed E-state index contributed by atoms with van der Waals surface area (Å²) >= 11 is 5.13. The summed E-state index contributed by atoms with van der Waals surface area (Å²) in [6, 6.07) is 0.387. The molecule has 3 rings (SSSR count). The Morgan fingerprint density at radius 3 is 2.50 bits per heavy atom. The van der Waals surface area contributed by atoms with E-state index in [0.29, 0.717) is 22.9 Å². The molecule has 3 nitrogen and oxygen atoms in total. The Morgan fingerprint density at radius 2 is 2.06 bits per heavy atom. The fourth-order valence-electron chi connectivity index (χ4n) is 4.36. The van der Waals surface area contributed by atoms with Gasteiger partial charge in [-0.05, 0) is 49.9 Å². The van der Waals surface area contributed by atoms with Crippen LogP contribution in [0, 0.1) is 23.2 Å². The largest absolute Gasteiger partial charge is 0.392 e. The normalized spacial score (nSPS) is 45.6. The summed E-state index contributed by atoms with van der Waals surface area (Å²) in [5, 5.41) is 3.25. The fourth-order valence-corrected chi connectivity index (χ4v) is 4.62. The van der Waals surface area contributed by atoms with Crippen molar-refractivity contribution in [2.45, 2.75) is 51.5 Å². The zero-order valence-electron chi connectivity index (χ0n) is 10.9. The summed E-state index contributed by atoms with van der Waals surface area (Å²) in [5.74, 6) is 2.23. The molecule has 3 unspecified atom stereocenters. The van der Waals surface area contributed by atoms with Gasteiger partial charge in [0.2, 0.25) is 5.91 Å². The molecule has 1 amide bonds. The van der Waals surface area contributed by atoms with Crippen molar-refractivity contribution in [3.63, 3.8) is 0 Å². The second kappa shape index (κ2) is 4.19. The molecule has 3 saturated carbocycles. The Morgan fingerprint density at radius 1 is 1.33 bits per heavy atom. The quantitative estimate of drug-likeness (QED) is 0.768. The molecule has 100 valence electrons. The van der Waals surface area contributed by atoms with Crippen LogP contribution in [0.15, 0.2) is 0 Å². The van der Waals surface area contributed by atoms with Crippen LogP contribution in [0.4, 0.5) is 0 Å². The molecule has 3 fully saturated rings. The number of rotatable bonds is 3. The van der Waals surface area contributed by atoms with Crippen LogP contribution in [0.3, 0.4) is 0 Å². The zero-order valence-corrected chi connectivity index (χ0v) is 11.8. The predicted molar refractivity (Wildman–Crippen MR) is 75.0 cm³/mol. The number of carbonyl (C=O) groups excluding carboxylic acids is 1. The van der Waals surface area contributed by atoms with Crippen molar-refractivity contribution in [2.75, 3.05) is 0 Å². The minimum absolute atomic E-state index is 0.102. The van der Waals surface area contributed by atoms with Gasteiger partial charge in [0.1, 0.15) is 0 Å². The van der Waals surface area contributed by atoms with Crippen molar-refractivity contribution in [1.29, 1.82) is 0 Å². The van der Waals surface area contributed by atoms with E-state index >= 15 is 0 Å². The summed E-state index contributed by atoms with van der Waals surface area (Å²) in [5.41, 5.74) is 5.29. The second-order valence-corrected chi connectivity index (χ2v) is 7.15. The Hall–Kier alpha value is -0.640. The Balaban J connectivity index is 1.66. The first-order valence-electron chi connectivity index (χ1n) is 7.12. The molecule has 0 saturated heterocycles. The monoisotopic (exact) mass is 266 g/mol. The minimum atomic E-state index is -0.531. The molecule has 0 aliphatic heterocycles. The van der Waals surface area contributed by atoms with Gasteiger partial charge in [0.15, 0.2) is 0 Å². The van der Waals surface area contributed by atoms with E-state index in [1.807, 2.05) is 0 Å². The number of amides is 1. The Kier molecular flexibility index (Phi) is 2.88. The third kappa shape index (κ3) is 1.77. The Bertz CT molecular complexity index is 389. The highest BCUT2D eigenvalue weighted by atomic mass is 32.1. The van der Waals surface area contributed by atoms with Gasteiger partial charge < -0.3 is 11.1 Å². The molecule has 3 aliphatic carbocycles. The summed E-state index contributed by atoms with van der Waals surface area (Å²) < 4.78 is 0. The van der Waals surface area contributed by atoms with E-state index in [9.17, 15) is 4.79 Å². The minimum Gasteiger partial charge on any atom is -0.392 e. The van der Waals surface area contributed by atoms with Gasteiger partial charge in [-0.2, -0.15) is 0 Å². The van der Waals surface area contributed by atoms with Crippen LogP contribution >= 0.6 is 12.2 Å². The molecular weight excluding hydrogens is 244 g/mol. The van der Waals surface area contributed by atoms with Crippen LogP contribution in [-0.2, 0) is 4.79 Å². The highest BCUT2D eigenvalue weighted by molar-refractivity contribution is 7.80. The fraction of sp³-hybridized carbons (Fsp3) is 0.857. The van der Waals surface area contributed by atoms with Gasteiger partial charge in [-0.15, -0.1) is 0 Å². The summed E-state index contributed by atoms with van der Waals surface area (Å²) in [6.07, 6.45) is 6.77. The van der Waals surface area contributed by atoms with E-state index < -0.39 is 5.41 Å². The summed E-state index contributed by atoms with van der Waals surface area (Å²) in [7, 11) is 0. The van der Waals surface area contributed by atoms with E-state index in [2.05, 4.69) is 12.2 Å². The van der Waals surface area contributed by atoms with Gasteiger partial charge in [-0.1, -0.05) is 25.6 Å². The molecule has 0 spiro atoms. The smallest absolute Gasteiger partial charge is 0.233 e. The first-order chi connectivity index (χ1) is 8.51. The predicted octanol–water partition coefficient (Wildman–Crippen LogP) is 1.99. The highest BCUT2D eigenvalue weighted by Crippen LogP contribution is 2.48. The van der Waals surface area contributed by atoms with Crippen LogP contribution in [0.1, 0.15) is 45.4 Å². The second-order valence-electron chi connectivity index (χ2n) is 6.71. The maximum Gasteiger partial charge on any atom is 0.233 e. The van der Waals surface area contributed by atoms with Crippen molar-refractivity contribution in [3.8, 4) is 0 Å². The van der Waals surface area contributed by atoms with Crippen molar-refractivity contribution in [1.82, 2.24) is 5.32 Å². The maximum atomic E-state index is 12.5. The van der Waals surface area contributed by atoms with Gasteiger partial charge in [0, 0.05) is 6.04 Å². The Labute approximate surface area is 114 Å². The number of carbonyl (C=O) groups is 1. The van der Waals surface area contributed by atoms with Gasteiger partial charge in [-0.3, -0.25) is 4.79 Å². The zero-order chi connectivity index (χ0) is 12.9. The summed E-state index contributed by atoms with van der Waals surface area (Å²) in [4.78, 5) is 12.9. The topological polar surface area (TPSA) is 55.1 Å². The lowest BCUT2D eigenvalue weighted by Crippen LogP contribution is -2.58. The van der Waals surface area contributed by atoms with E-state index in [1.165, 1.54) is 25.7 Å².